The van der Waals surface area contributed by atoms with E-state index in [0.29, 0.717) is 4.57 Å². The van der Waals surface area contributed by atoms with Crippen molar-refractivity contribution in [1.29, 1.82) is 0 Å². The molecule has 42 heavy (non-hydrogen) atoms. The molecule has 5 nitrogen and oxygen atoms in total. The van der Waals surface area contributed by atoms with Crippen molar-refractivity contribution >= 4 is 5.97 Å². The van der Waals surface area contributed by atoms with E-state index in [1.807, 2.05) is 0 Å². The maximum absolute atomic E-state index is 16.7. The van der Waals surface area contributed by atoms with Crippen molar-refractivity contribution in [3.63, 3.8) is 0 Å². The number of carbonyl (C=O) groups excluding carboxylic acids is 1. The van der Waals surface area contributed by atoms with E-state index in [1.165, 1.54) is 6.92 Å². The van der Waals surface area contributed by atoms with Crippen LogP contribution < -0.4 is 0 Å². The first-order valence-electron chi connectivity index (χ1n) is 13.1. The van der Waals surface area contributed by atoms with Crippen LogP contribution in [0.3, 0.4) is 0 Å². The quantitative estimate of drug-likeness (QED) is 0.273. The summed E-state index contributed by atoms with van der Waals surface area (Å²) in [7, 11) is 0. The second-order valence-electron chi connectivity index (χ2n) is 12.6. The molecule has 0 saturated heterocycles. The molecule has 0 aliphatic heterocycles. The molecule has 1 heterocycles. The number of ether oxygens (including phenoxy) is 1. The number of carbonyl (C=O) groups is 1. The Balaban J connectivity index is 2.18. The second kappa shape index (κ2) is 8.60. The van der Waals surface area contributed by atoms with E-state index in [2.05, 4.69) is 0 Å². The maximum atomic E-state index is 16.7. The minimum Gasteiger partial charge on any atom is -0.494 e. The molecular weight excluding hydrogens is 599 g/mol. The molecule has 240 valence electrons. The summed E-state index contributed by atoms with van der Waals surface area (Å²) in [5.74, 6) is -35.7. The van der Waals surface area contributed by atoms with Crippen molar-refractivity contribution in [1.82, 2.24) is 4.57 Å². The summed E-state index contributed by atoms with van der Waals surface area (Å²) in [6, 6.07) is 0. The summed E-state index contributed by atoms with van der Waals surface area (Å²) in [4.78, 5) is 13.3. The van der Waals surface area contributed by atoms with Crippen molar-refractivity contribution in [2.45, 2.75) is 108 Å². The SMILES string of the molecule is CCn1c(O)c(C)c(C2C(C(C)(C(=O)OC(C)(C)C)C(F)(F)F)C3CCC2C2(F)C(F)(F)C(F)(F)C(F)(F)C32F)c1O. The van der Waals surface area contributed by atoms with E-state index in [1.54, 1.807) is 0 Å². The number of halogens is 11. The molecule has 5 rings (SSSR count). The lowest BCUT2D eigenvalue weighted by Gasteiger charge is -2.63. The van der Waals surface area contributed by atoms with Crippen LogP contribution in [0.2, 0.25) is 0 Å². The Morgan fingerprint density at radius 3 is 1.71 bits per heavy atom. The van der Waals surface area contributed by atoms with Crippen molar-refractivity contribution < 1.29 is 68.0 Å². The molecule has 4 saturated carbocycles. The minimum absolute atomic E-state index is 0.120. The summed E-state index contributed by atoms with van der Waals surface area (Å²) < 4.78 is 174. The fourth-order valence-corrected chi connectivity index (χ4v) is 7.63. The summed E-state index contributed by atoms with van der Waals surface area (Å²) >= 11 is 0. The van der Waals surface area contributed by atoms with Crippen molar-refractivity contribution in [2.24, 2.45) is 23.2 Å². The Labute approximate surface area is 233 Å². The first kappa shape index (κ1) is 32.5. The molecule has 1 aromatic heterocycles. The van der Waals surface area contributed by atoms with E-state index in [9.17, 15) is 23.8 Å². The molecule has 0 spiro atoms. The standard InChI is InChI=1S/C26H30F11NO4/c1-7-38-16(39)10(2)13(17(38)40)14-11-8-9-12(15(14)20(6,26(35,36)37)18(41)42-19(3,4)5)22(28)21(11,27)23(29,30)25(33,34)24(22,31)32/h11-12,14-15,39-40H,7-9H2,1-6H3. The van der Waals surface area contributed by atoms with Gasteiger partial charge in [-0.15, -0.1) is 0 Å². The largest absolute Gasteiger partial charge is 0.494 e. The molecule has 16 heteroatoms. The highest BCUT2D eigenvalue weighted by Crippen LogP contribution is 2.82. The highest BCUT2D eigenvalue weighted by Gasteiger charge is 3.03. The van der Waals surface area contributed by atoms with Gasteiger partial charge in [-0.3, -0.25) is 9.36 Å². The zero-order valence-corrected chi connectivity index (χ0v) is 23.2. The first-order valence-corrected chi connectivity index (χ1v) is 13.1. The van der Waals surface area contributed by atoms with E-state index in [0.717, 1.165) is 27.7 Å². The molecule has 7 unspecified atom stereocenters. The van der Waals surface area contributed by atoms with Gasteiger partial charge in [0.05, 0.1) is 0 Å². The van der Waals surface area contributed by atoms with E-state index in [-0.39, 0.29) is 13.5 Å². The summed E-state index contributed by atoms with van der Waals surface area (Å²) in [6.45, 7) is 5.52. The van der Waals surface area contributed by atoms with Crippen LogP contribution in [0.15, 0.2) is 0 Å². The predicted molar refractivity (Wildman–Crippen MR) is 123 cm³/mol. The Bertz CT molecular complexity index is 1300. The molecule has 4 aliphatic rings. The van der Waals surface area contributed by atoms with Crippen LogP contribution in [0, 0.1) is 30.1 Å². The number of esters is 1. The van der Waals surface area contributed by atoms with Crippen molar-refractivity contribution in [3.05, 3.63) is 11.1 Å². The lowest BCUT2D eigenvalue weighted by atomic mass is 9.42. The molecule has 4 aliphatic carbocycles. The number of fused-ring (bicyclic) bond motifs is 2. The number of aromatic hydroxyl groups is 2. The van der Waals surface area contributed by atoms with Gasteiger partial charge >= 0.3 is 29.9 Å². The van der Waals surface area contributed by atoms with Crippen LogP contribution in [-0.2, 0) is 16.1 Å². The minimum atomic E-state index is -6.70. The van der Waals surface area contributed by atoms with Crippen LogP contribution in [0.25, 0.3) is 0 Å². The van der Waals surface area contributed by atoms with Crippen molar-refractivity contribution in [2.75, 3.05) is 0 Å². The number of alkyl halides is 11. The van der Waals surface area contributed by atoms with Gasteiger partial charge in [0.2, 0.25) is 11.3 Å². The third-order valence-electron chi connectivity index (χ3n) is 9.52. The van der Waals surface area contributed by atoms with Gasteiger partial charge in [0, 0.05) is 35.4 Å². The summed E-state index contributed by atoms with van der Waals surface area (Å²) in [6.07, 6.45) is -8.14. The van der Waals surface area contributed by atoms with Gasteiger partial charge in [-0.1, -0.05) is 0 Å². The second-order valence-corrected chi connectivity index (χ2v) is 12.6. The smallest absolute Gasteiger partial charge is 0.404 e. The Morgan fingerprint density at radius 2 is 1.31 bits per heavy atom. The first-order chi connectivity index (χ1) is 18.7. The maximum Gasteiger partial charge on any atom is 0.404 e. The van der Waals surface area contributed by atoms with Gasteiger partial charge < -0.3 is 14.9 Å². The molecule has 2 bridgehead atoms. The average Bonchev–Trinajstić information content (AvgIpc) is 3.08. The van der Waals surface area contributed by atoms with Crippen LogP contribution in [-0.4, -0.2) is 61.6 Å². The van der Waals surface area contributed by atoms with Crippen molar-refractivity contribution in [3.8, 4) is 11.8 Å². The molecule has 0 amide bonds. The Kier molecular flexibility index (Phi) is 6.66. The normalized spacial score (nSPS) is 36.4. The Hall–Kier alpha value is -2.42. The molecule has 1 aromatic rings. The highest BCUT2D eigenvalue weighted by atomic mass is 19.4. The summed E-state index contributed by atoms with van der Waals surface area (Å²) in [5.41, 5.74) is -18.2. The molecule has 0 aromatic carbocycles. The van der Waals surface area contributed by atoms with Crippen LogP contribution >= 0.6 is 0 Å². The van der Waals surface area contributed by atoms with Crippen LogP contribution in [0.1, 0.15) is 64.5 Å². The number of hydrogen-bond acceptors (Lipinski definition) is 4. The van der Waals surface area contributed by atoms with E-state index in [4.69, 9.17) is 4.74 Å². The monoisotopic (exact) mass is 629 g/mol. The molecule has 0 radical (unpaired) electrons. The number of aromatic nitrogens is 1. The van der Waals surface area contributed by atoms with E-state index >= 15 is 39.5 Å². The Morgan fingerprint density at radius 1 is 0.857 bits per heavy atom. The molecule has 4 fully saturated rings. The highest BCUT2D eigenvalue weighted by molar-refractivity contribution is 5.79. The average molecular weight is 630 g/mol. The fourth-order valence-electron chi connectivity index (χ4n) is 7.63. The predicted octanol–water partition coefficient (Wildman–Crippen LogP) is 7.21. The lowest BCUT2D eigenvalue weighted by molar-refractivity contribution is -0.325. The zero-order valence-electron chi connectivity index (χ0n) is 23.2. The van der Waals surface area contributed by atoms with Gasteiger partial charge in [-0.2, -0.15) is 39.5 Å². The van der Waals surface area contributed by atoms with Crippen LogP contribution in [0.4, 0.5) is 48.3 Å². The van der Waals surface area contributed by atoms with Gasteiger partial charge in [0.25, 0.3) is 0 Å². The number of nitrogens with zero attached hydrogens (tertiary/aromatic N) is 1. The topological polar surface area (TPSA) is 71.7 Å². The third-order valence-corrected chi connectivity index (χ3v) is 9.52. The van der Waals surface area contributed by atoms with Gasteiger partial charge in [-0.05, 0) is 60.3 Å². The molecule has 2 N–H and O–H groups in total. The van der Waals surface area contributed by atoms with Gasteiger partial charge in [0.15, 0.2) is 17.2 Å². The molecule has 7 atom stereocenters. The van der Waals surface area contributed by atoms with E-state index < -0.39 is 112 Å². The van der Waals surface area contributed by atoms with Crippen LogP contribution in [0.5, 0.6) is 11.8 Å². The van der Waals surface area contributed by atoms with Gasteiger partial charge in [-0.25, -0.2) is 8.78 Å². The number of rotatable bonds is 4. The lowest BCUT2D eigenvalue weighted by Crippen LogP contribution is -2.76. The molecular formula is C26H30F11NO4. The zero-order chi connectivity index (χ0) is 32.6. The number of hydrogen-bond donors (Lipinski definition) is 2. The third kappa shape index (κ3) is 3.29. The fraction of sp³-hybridized carbons (Fsp3) is 0.808. The van der Waals surface area contributed by atoms with Gasteiger partial charge in [0.1, 0.15) is 5.60 Å². The summed E-state index contributed by atoms with van der Waals surface area (Å²) in [5, 5.41) is 21.4.